The van der Waals surface area contributed by atoms with Crippen molar-refractivity contribution in [3.8, 4) is 11.8 Å². The summed E-state index contributed by atoms with van der Waals surface area (Å²) in [5, 5.41) is 0. The molecule has 0 bridgehead atoms. The molecule has 0 amide bonds. The molecule has 1 aromatic rings. The van der Waals surface area contributed by atoms with Crippen molar-refractivity contribution in [3.05, 3.63) is 30.1 Å². The van der Waals surface area contributed by atoms with E-state index in [1.807, 2.05) is 18.5 Å². The van der Waals surface area contributed by atoms with Crippen LogP contribution in [-0.4, -0.2) is 34.2 Å². The Bertz CT molecular complexity index is 601. The Morgan fingerprint density at radius 2 is 2.12 bits per heavy atom. The van der Waals surface area contributed by atoms with Gasteiger partial charge in [0, 0.05) is 18.4 Å². The number of likely N-dealkylation sites (tertiary alicyclic amines) is 1. The van der Waals surface area contributed by atoms with Gasteiger partial charge in [0.15, 0.2) is 0 Å². The number of piperidine rings is 1. The van der Waals surface area contributed by atoms with Crippen molar-refractivity contribution in [1.29, 1.82) is 0 Å². The fourth-order valence-corrected chi connectivity index (χ4v) is 4.11. The van der Waals surface area contributed by atoms with E-state index in [9.17, 15) is 0 Å². The Morgan fingerprint density at radius 3 is 2.88 bits per heavy atom. The first-order valence-corrected chi connectivity index (χ1v) is 9.32. The fourth-order valence-electron chi connectivity index (χ4n) is 4.11. The molecule has 0 radical (unpaired) electrons. The summed E-state index contributed by atoms with van der Waals surface area (Å²) in [6, 6.07) is 4.68. The second-order valence-corrected chi connectivity index (χ2v) is 8.02. The standard InChI is InChI=1S/C21H30N2O/c1-20(2)11-7-12-21(3,24-20)13-8-16-23-15-5-4-10-19(23)18-9-6-14-22-17-18/h6,9,14,17,19H,4-5,7,10-12,15-16H2,1-3H3/t19-,21+/m1/s1. The SMILES string of the molecule is CC1(C)CCC[C@@](C)(C#CCN2CCCC[C@@H]2c2cccnc2)O1. The Balaban J connectivity index is 1.67. The molecule has 3 nitrogen and oxygen atoms in total. The zero-order chi connectivity index (χ0) is 17.0. The first kappa shape index (κ1) is 17.5. The monoisotopic (exact) mass is 326 g/mol. The Morgan fingerprint density at radius 1 is 1.25 bits per heavy atom. The van der Waals surface area contributed by atoms with Gasteiger partial charge in [-0.05, 0) is 71.0 Å². The lowest BCUT2D eigenvalue weighted by Crippen LogP contribution is -2.42. The van der Waals surface area contributed by atoms with E-state index in [4.69, 9.17) is 4.74 Å². The highest BCUT2D eigenvalue weighted by molar-refractivity contribution is 5.18. The van der Waals surface area contributed by atoms with E-state index >= 15 is 0 Å². The van der Waals surface area contributed by atoms with Crippen LogP contribution >= 0.6 is 0 Å². The number of aromatic nitrogens is 1. The van der Waals surface area contributed by atoms with E-state index in [1.165, 1.54) is 31.2 Å². The molecule has 0 spiro atoms. The molecular weight excluding hydrogens is 296 g/mol. The van der Waals surface area contributed by atoms with Crippen molar-refractivity contribution in [2.24, 2.45) is 0 Å². The van der Waals surface area contributed by atoms with Crippen LogP contribution in [0.4, 0.5) is 0 Å². The number of hydrogen-bond acceptors (Lipinski definition) is 3. The van der Waals surface area contributed by atoms with Crippen LogP contribution in [0.3, 0.4) is 0 Å². The van der Waals surface area contributed by atoms with Gasteiger partial charge in [-0.25, -0.2) is 0 Å². The number of ether oxygens (including phenoxy) is 1. The van der Waals surface area contributed by atoms with E-state index in [-0.39, 0.29) is 11.2 Å². The molecule has 3 heterocycles. The number of hydrogen-bond donors (Lipinski definition) is 0. The Hall–Kier alpha value is -1.37. The highest BCUT2D eigenvalue weighted by Crippen LogP contribution is 2.34. The van der Waals surface area contributed by atoms with Gasteiger partial charge >= 0.3 is 0 Å². The van der Waals surface area contributed by atoms with Crippen molar-refractivity contribution < 1.29 is 4.74 Å². The van der Waals surface area contributed by atoms with Crippen LogP contribution in [0.1, 0.15) is 70.9 Å². The summed E-state index contributed by atoms with van der Waals surface area (Å²) in [7, 11) is 0. The Kier molecular flexibility index (Phi) is 5.27. The lowest BCUT2D eigenvalue weighted by molar-refractivity contribution is -0.135. The molecule has 24 heavy (non-hydrogen) atoms. The van der Waals surface area contributed by atoms with Crippen molar-refractivity contribution in [1.82, 2.24) is 9.88 Å². The summed E-state index contributed by atoms with van der Waals surface area (Å²) in [5.74, 6) is 6.88. The molecule has 2 aliphatic rings. The Labute approximate surface area is 146 Å². The molecule has 2 saturated heterocycles. The van der Waals surface area contributed by atoms with Crippen molar-refractivity contribution in [2.75, 3.05) is 13.1 Å². The van der Waals surface area contributed by atoms with Gasteiger partial charge in [0.2, 0.25) is 0 Å². The van der Waals surface area contributed by atoms with Crippen LogP contribution in [-0.2, 0) is 4.74 Å². The van der Waals surface area contributed by atoms with E-state index in [2.05, 4.69) is 48.6 Å². The second kappa shape index (κ2) is 7.25. The van der Waals surface area contributed by atoms with E-state index in [0.29, 0.717) is 6.04 Å². The predicted molar refractivity (Wildman–Crippen MR) is 97.6 cm³/mol. The van der Waals surface area contributed by atoms with Gasteiger partial charge in [-0.15, -0.1) is 0 Å². The smallest absolute Gasteiger partial charge is 0.126 e. The average molecular weight is 326 g/mol. The third-order valence-electron chi connectivity index (χ3n) is 5.25. The molecule has 3 rings (SSSR count). The van der Waals surface area contributed by atoms with Gasteiger partial charge in [0.1, 0.15) is 5.60 Å². The molecule has 2 aliphatic heterocycles. The maximum atomic E-state index is 6.26. The molecule has 130 valence electrons. The zero-order valence-corrected chi connectivity index (χ0v) is 15.3. The van der Waals surface area contributed by atoms with Gasteiger partial charge in [0.25, 0.3) is 0 Å². The molecule has 2 atom stereocenters. The van der Waals surface area contributed by atoms with Crippen LogP contribution in [0.25, 0.3) is 0 Å². The minimum Gasteiger partial charge on any atom is -0.357 e. The summed E-state index contributed by atoms with van der Waals surface area (Å²) in [5.41, 5.74) is 0.979. The van der Waals surface area contributed by atoms with Crippen LogP contribution in [0.5, 0.6) is 0 Å². The predicted octanol–water partition coefficient (Wildman–Crippen LogP) is 4.35. The molecular formula is C21H30N2O. The minimum absolute atomic E-state index is 0.0505. The van der Waals surface area contributed by atoms with Gasteiger partial charge in [-0.2, -0.15) is 0 Å². The largest absolute Gasteiger partial charge is 0.357 e. The molecule has 2 fully saturated rings. The number of pyridine rings is 1. The maximum absolute atomic E-state index is 6.26. The van der Waals surface area contributed by atoms with Crippen molar-refractivity contribution >= 4 is 0 Å². The maximum Gasteiger partial charge on any atom is 0.126 e. The van der Waals surface area contributed by atoms with Gasteiger partial charge in [0.05, 0.1) is 12.1 Å². The topological polar surface area (TPSA) is 25.4 Å². The van der Waals surface area contributed by atoms with Crippen molar-refractivity contribution in [2.45, 2.75) is 76.5 Å². The lowest BCUT2D eigenvalue weighted by Gasteiger charge is -2.40. The summed E-state index contributed by atoms with van der Waals surface area (Å²) in [4.78, 5) is 6.80. The molecule has 0 aliphatic carbocycles. The first-order chi connectivity index (χ1) is 11.5. The minimum atomic E-state index is -0.290. The van der Waals surface area contributed by atoms with Gasteiger partial charge in [-0.1, -0.05) is 24.3 Å². The van der Waals surface area contributed by atoms with Gasteiger partial charge < -0.3 is 4.74 Å². The quantitative estimate of drug-likeness (QED) is 0.756. The van der Waals surface area contributed by atoms with E-state index < -0.39 is 0 Å². The summed E-state index contributed by atoms with van der Waals surface area (Å²) in [6.45, 7) is 8.44. The van der Waals surface area contributed by atoms with Gasteiger partial charge in [-0.3, -0.25) is 9.88 Å². The molecule has 3 heteroatoms. The highest BCUT2D eigenvalue weighted by atomic mass is 16.5. The highest BCUT2D eigenvalue weighted by Gasteiger charge is 2.36. The normalized spacial score (nSPS) is 30.4. The fraction of sp³-hybridized carbons (Fsp3) is 0.667. The molecule has 0 unspecified atom stereocenters. The third kappa shape index (κ3) is 4.37. The van der Waals surface area contributed by atoms with E-state index in [0.717, 1.165) is 25.9 Å². The van der Waals surface area contributed by atoms with Crippen LogP contribution < -0.4 is 0 Å². The summed E-state index contributed by atoms with van der Waals surface area (Å²) < 4.78 is 6.26. The number of nitrogens with zero attached hydrogens (tertiary/aromatic N) is 2. The average Bonchev–Trinajstić information content (AvgIpc) is 2.55. The molecule has 0 N–H and O–H groups in total. The summed E-state index contributed by atoms with van der Waals surface area (Å²) in [6.07, 6.45) is 11.0. The van der Waals surface area contributed by atoms with E-state index in [1.54, 1.807) is 0 Å². The van der Waals surface area contributed by atoms with Crippen LogP contribution in [0, 0.1) is 11.8 Å². The van der Waals surface area contributed by atoms with Crippen molar-refractivity contribution in [3.63, 3.8) is 0 Å². The third-order valence-corrected chi connectivity index (χ3v) is 5.25. The molecule has 0 saturated carbocycles. The first-order valence-electron chi connectivity index (χ1n) is 9.32. The molecule has 1 aromatic heterocycles. The zero-order valence-electron chi connectivity index (χ0n) is 15.3. The number of rotatable bonds is 2. The van der Waals surface area contributed by atoms with Crippen LogP contribution in [0.15, 0.2) is 24.5 Å². The second-order valence-electron chi connectivity index (χ2n) is 8.02. The molecule has 0 aromatic carbocycles. The van der Waals surface area contributed by atoms with Crippen LogP contribution in [0.2, 0.25) is 0 Å². The summed E-state index contributed by atoms with van der Waals surface area (Å²) >= 11 is 0. The lowest BCUT2D eigenvalue weighted by atomic mass is 9.88.